The number of benzene rings is 1. The van der Waals surface area contributed by atoms with Crippen LogP contribution in [0.3, 0.4) is 0 Å². The van der Waals surface area contributed by atoms with Crippen LogP contribution >= 0.6 is 15.9 Å². The van der Waals surface area contributed by atoms with Gasteiger partial charge in [-0.05, 0) is 46.6 Å². The Kier molecular flexibility index (Phi) is 5.63. The van der Waals surface area contributed by atoms with Crippen molar-refractivity contribution < 1.29 is 4.42 Å². The fourth-order valence-electron chi connectivity index (χ4n) is 2.03. The van der Waals surface area contributed by atoms with E-state index in [1.165, 1.54) is 5.56 Å². The van der Waals surface area contributed by atoms with E-state index in [4.69, 9.17) is 10.2 Å². The number of furan rings is 1. The van der Waals surface area contributed by atoms with E-state index in [9.17, 15) is 0 Å². The summed E-state index contributed by atoms with van der Waals surface area (Å²) < 4.78 is 6.35. The van der Waals surface area contributed by atoms with Gasteiger partial charge in [0.25, 0.3) is 0 Å². The molecule has 1 aromatic heterocycles. The minimum atomic E-state index is 0.715. The molecule has 3 nitrogen and oxygen atoms in total. The summed E-state index contributed by atoms with van der Waals surface area (Å²) in [5.74, 6) is 0.972. The molecule has 2 N–H and O–H groups in total. The van der Waals surface area contributed by atoms with Crippen LogP contribution in [0, 0.1) is 0 Å². The van der Waals surface area contributed by atoms with Crippen LogP contribution in [-0.2, 0) is 13.1 Å². The zero-order valence-electron chi connectivity index (χ0n) is 10.9. The lowest BCUT2D eigenvalue weighted by atomic mass is 10.2. The number of hydrogen-bond donors (Lipinski definition) is 1. The maximum absolute atomic E-state index is 5.61. The highest BCUT2D eigenvalue weighted by Crippen LogP contribution is 2.17. The van der Waals surface area contributed by atoms with Crippen LogP contribution in [0.25, 0.3) is 0 Å². The largest absolute Gasteiger partial charge is 0.453 e. The van der Waals surface area contributed by atoms with Gasteiger partial charge >= 0.3 is 0 Å². The normalized spacial score (nSPS) is 11.1. The van der Waals surface area contributed by atoms with E-state index in [1.807, 2.05) is 18.2 Å². The number of nitrogens with zero attached hydrogens (tertiary/aromatic N) is 1. The molecule has 1 aromatic carbocycles. The Morgan fingerprint density at radius 1 is 1.05 bits per heavy atom. The van der Waals surface area contributed by atoms with Crippen LogP contribution in [0.1, 0.15) is 17.7 Å². The molecule has 0 spiro atoms. The third-order valence-corrected chi connectivity index (χ3v) is 3.36. The van der Waals surface area contributed by atoms with Crippen LogP contribution < -0.4 is 5.73 Å². The summed E-state index contributed by atoms with van der Waals surface area (Å²) in [6, 6.07) is 14.4. The summed E-state index contributed by atoms with van der Waals surface area (Å²) in [7, 11) is 0. The van der Waals surface area contributed by atoms with Crippen LogP contribution in [0.2, 0.25) is 0 Å². The van der Waals surface area contributed by atoms with E-state index in [2.05, 4.69) is 45.1 Å². The van der Waals surface area contributed by atoms with Gasteiger partial charge in [-0.2, -0.15) is 0 Å². The Morgan fingerprint density at radius 3 is 2.47 bits per heavy atom. The zero-order chi connectivity index (χ0) is 13.5. The quantitative estimate of drug-likeness (QED) is 0.849. The van der Waals surface area contributed by atoms with E-state index >= 15 is 0 Å². The molecule has 0 radical (unpaired) electrons. The van der Waals surface area contributed by atoms with Crippen molar-refractivity contribution in [2.45, 2.75) is 19.5 Å². The lowest BCUT2D eigenvalue weighted by molar-refractivity contribution is 0.232. The summed E-state index contributed by atoms with van der Waals surface area (Å²) in [5.41, 5.74) is 6.92. The third-order valence-electron chi connectivity index (χ3n) is 2.94. The van der Waals surface area contributed by atoms with E-state index < -0.39 is 0 Å². The predicted octanol–water partition coefficient (Wildman–Crippen LogP) is 3.39. The lowest BCUT2D eigenvalue weighted by Gasteiger charge is -2.21. The molecule has 1 heterocycles. The molecule has 19 heavy (non-hydrogen) atoms. The SMILES string of the molecule is NCCCN(Cc1ccccc1)Cc1ccc(Br)o1. The van der Waals surface area contributed by atoms with Gasteiger partial charge in [-0.3, -0.25) is 4.90 Å². The van der Waals surface area contributed by atoms with E-state index in [0.717, 1.165) is 36.5 Å². The first-order valence-corrected chi connectivity index (χ1v) is 7.28. The molecule has 0 aliphatic carbocycles. The highest BCUT2D eigenvalue weighted by molar-refractivity contribution is 9.10. The lowest BCUT2D eigenvalue weighted by Crippen LogP contribution is -2.25. The molecule has 4 heteroatoms. The van der Waals surface area contributed by atoms with Crippen molar-refractivity contribution in [2.75, 3.05) is 13.1 Å². The van der Waals surface area contributed by atoms with Gasteiger partial charge in [-0.15, -0.1) is 0 Å². The zero-order valence-corrected chi connectivity index (χ0v) is 12.5. The fraction of sp³-hybridized carbons (Fsp3) is 0.333. The average molecular weight is 323 g/mol. The van der Waals surface area contributed by atoms with Crippen molar-refractivity contribution >= 4 is 15.9 Å². The van der Waals surface area contributed by atoms with Gasteiger partial charge in [-0.25, -0.2) is 0 Å². The molecule has 0 aliphatic rings. The summed E-state index contributed by atoms with van der Waals surface area (Å²) in [5, 5.41) is 0. The molecule has 0 saturated carbocycles. The van der Waals surface area contributed by atoms with E-state index in [-0.39, 0.29) is 0 Å². The van der Waals surface area contributed by atoms with Crippen molar-refractivity contribution in [1.29, 1.82) is 0 Å². The monoisotopic (exact) mass is 322 g/mol. The first-order valence-electron chi connectivity index (χ1n) is 6.48. The minimum Gasteiger partial charge on any atom is -0.453 e. The molecule has 2 rings (SSSR count). The van der Waals surface area contributed by atoms with Crippen LogP contribution in [0.15, 0.2) is 51.6 Å². The molecular weight excluding hydrogens is 304 g/mol. The van der Waals surface area contributed by atoms with Gasteiger partial charge in [0, 0.05) is 13.1 Å². The summed E-state index contributed by atoms with van der Waals surface area (Å²) >= 11 is 3.34. The van der Waals surface area contributed by atoms with Gasteiger partial charge in [-0.1, -0.05) is 30.3 Å². The van der Waals surface area contributed by atoms with Crippen LogP contribution in [0.5, 0.6) is 0 Å². The molecule has 0 fully saturated rings. The molecule has 0 saturated heterocycles. The maximum Gasteiger partial charge on any atom is 0.169 e. The molecular formula is C15H19BrN2O. The summed E-state index contributed by atoms with van der Waals surface area (Å²) in [6.45, 7) is 3.41. The Balaban J connectivity index is 1.99. The summed E-state index contributed by atoms with van der Waals surface area (Å²) in [6.07, 6.45) is 0.995. The molecule has 0 aliphatic heterocycles. The fourth-order valence-corrected chi connectivity index (χ4v) is 2.37. The second-order valence-corrected chi connectivity index (χ2v) is 5.33. The molecule has 0 amide bonds. The standard InChI is InChI=1S/C15H19BrN2O/c16-15-8-7-14(19-15)12-18(10-4-9-17)11-13-5-2-1-3-6-13/h1-3,5-8H,4,9-12,17H2. The highest BCUT2D eigenvalue weighted by Gasteiger charge is 2.09. The topological polar surface area (TPSA) is 42.4 Å². The van der Waals surface area contributed by atoms with Gasteiger partial charge in [0.1, 0.15) is 5.76 Å². The van der Waals surface area contributed by atoms with Crippen molar-refractivity contribution in [3.8, 4) is 0 Å². The highest BCUT2D eigenvalue weighted by atomic mass is 79.9. The average Bonchev–Trinajstić information content (AvgIpc) is 2.82. The Labute approximate surface area is 122 Å². The number of hydrogen-bond acceptors (Lipinski definition) is 3. The van der Waals surface area contributed by atoms with Crippen molar-refractivity contribution in [1.82, 2.24) is 4.90 Å². The first-order chi connectivity index (χ1) is 9.28. The van der Waals surface area contributed by atoms with Crippen molar-refractivity contribution in [3.63, 3.8) is 0 Å². The summed E-state index contributed by atoms with van der Waals surface area (Å²) in [4.78, 5) is 2.35. The smallest absolute Gasteiger partial charge is 0.169 e. The van der Waals surface area contributed by atoms with E-state index in [1.54, 1.807) is 0 Å². The van der Waals surface area contributed by atoms with Crippen LogP contribution in [0.4, 0.5) is 0 Å². The van der Waals surface area contributed by atoms with Gasteiger partial charge in [0.2, 0.25) is 0 Å². The molecule has 2 aromatic rings. The molecule has 0 bridgehead atoms. The molecule has 0 atom stereocenters. The van der Waals surface area contributed by atoms with E-state index in [0.29, 0.717) is 6.54 Å². The molecule has 102 valence electrons. The third kappa shape index (κ3) is 4.82. The van der Waals surface area contributed by atoms with Crippen LogP contribution in [-0.4, -0.2) is 18.0 Å². The Morgan fingerprint density at radius 2 is 1.84 bits per heavy atom. The van der Waals surface area contributed by atoms with Gasteiger partial charge in [0.15, 0.2) is 4.67 Å². The number of nitrogens with two attached hydrogens (primary N) is 1. The van der Waals surface area contributed by atoms with Crippen molar-refractivity contribution in [3.05, 3.63) is 58.5 Å². The Hall–Kier alpha value is -1.10. The number of halogens is 1. The maximum atomic E-state index is 5.61. The second-order valence-electron chi connectivity index (χ2n) is 4.54. The first kappa shape index (κ1) is 14.3. The van der Waals surface area contributed by atoms with Gasteiger partial charge < -0.3 is 10.2 Å². The molecule has 0 unspecified atom stereocenters. The number of rotatable bonds is 7. The predicted molar refractivity (Wildman–Crippen MR) is 80.6 cm³/mol. The Bertz CT molecular complexity index is 484. The minimum absolute atomic E-state index is 0.715. The van der Waals surface area contributed by atoms with Crippen molar-refractivity contribution in [2.24, 2.45) is 5.73 Å². The van der Waals surface area contributed by atoms with Gasteiger partial charge in [0.05, 0.1) is 6.54 Å². The second kappa shape index (κ2) is 7.48.